The Labute approximate surface area is 199 Å². The molecule has 1 heterocycles. The zero-order valence-corrected chi connectivity index (χ0v) is 20.2. The van der Waals surface area contributed by atoms with Crippen molar-refractivity contribution in [1.82, 2.24) is 5.16 Å². The molecule has 0 unspecified atom stereocenters. The lowest BCUT2D eigenvalue weighted by molar-refractivity contribution is -0.115. The molecule has 34 heavy (non-hydrogen) atoms. The smallest absolute Gasteiger partial charge is 0.259 e. The van der Waals surface area contributed by atoms with E-state index in [1.54, 1.807) is 49.4 Å². The summed E-state index contributed by atoms with van der Waals surface area (Å²) in [5.41, 5.74) is 1.40. The van der Waals surface area contributed by atoms with Crippen LogP contribution in [0.5, 0.6) is 0 Å². The number of nitrogens with zero attached hydrogens (tertiary/aromatic N) is 3. The molecule has 0 bridgehead atoms. The van der Waals surface area contributed by atoms with Gasteiger partial charge in [-0.05, 0) is 75.1 Å². The van der Waals surface area contributed by atoms with Crippen LogP contribution < -0.4 is 9.80 Å². The highest BCUT2D eigenvalue weighted by Gasteiger charge is 2.29. The van der Waals surface area contributed by atoms with E-state index in [2.05, 4.69) is 5.16 Å². The molecule has 1 aliphatic carbocycles. The average Bonchev–Trinajstić information content (AvgIpc) is 3.51. The summed E-state index contributed by atoms with van der Waals surface area (Å²) in [6.45, 7) is 5.40. The van der Waals surface area contributed by atoms with Crippen molar-refractivity contribution in [3.05, 3.63) is 65.9 Å². The van der Waals surface area contributed by atoms with E-state index in [4.69, 9.17) is 4.52 Å². The van der Waals surface area contributed by atoms with E-state index >= 15 is 0 Å². The van der Waals surface area contributed by atoms with Crippen molar-refractivity contribution < 1.29 is 22.5 Å². The average molecular weight is 482 g/mol. The van der Waals surface area contributed by atoms with Crippen molar-refractivity contribution in [2.24, 2.45) is 5.92 Å². The Kier molecular flexibility index (Phi) is 6.56. The standard InChI is InChI=1S/C25H27N3O5S/c1-4-27(24-14-17(2)33-26-24)25(30)20-6-5-7-22(15-20)28(18(3)29)21-10-12-23(13-11-21)34(31,32)16-19-8-9-19/h5-7,10-15,19H,4,8-9,16H2,1-3H3. The lowest BCUT2D eigenvalue weighted by Gasteiger charge is -2.23. The zero-order valence-electron chi connectivity index (χ0n) is 19.4. The third-order valence-electron chi connectivity index (χ3n) is 5.73. The zero-order chi connectivity index (χ0) is 24.5. The second kappa shape index (κ2) is 9.42. The van der Waals surface area contributed by atoms with Crippen molar-refractivity contribution >= 4 is 38.8 Å². The molecule has 0 atom stereocenters. The summed E-state index contributed by atoms with van der Waals surface area (Å²) >= 11 is 0. The highest BCUT2D eigenvalue weighted by molar-refractivity contribution is 7.91. The molecular weight excluding hydrogens is 454 g/mol. The van der Waals surface area contributed by atoms with Crippen LogP contribution in [0.3, 0.4) is 0 Å². The summed E-state index contributed by atoms with van der Waals surface area (Å²) in [7, 11) is -3.35. The van der Waals surface area contributed by atoms with E-state index in [9.17, 15) is 18.0 Å². The molecule has 1 saturated carbocycles. The van der Waals surface area contributed by atoms with Crippen LogP contribution in [-0.2, 0) is 14.6 Å². The van der Waals surface area contributed by atoms with Crippen LogP contribution in [0.1, 0.15) is 42.8 Å². The number of hydrogen-bond donors (Lipinski definition) is 0. The van der Waals surface area contributed by atoms with Crippen LogP contribution in [0.2, 0.25) is 0 Å². The molecule has 1 aromatic heterocycles. The third-order valence-corrected chi connectivity index (χ3v) is 7.63. The number of amides is 2. The SMILES string of the molecule is CCN(C(=O)c1cccc(N(C(C)=O)c2ccc(S(=O)(=O)CC3CC3)cc2)c1)c1cc(C)on1. The molecule has 4 rings (SSSR count). The Morgan fingerprint density at radius 2 is 1.76 bits per heavy atom. The first-order valence-electron chi connectivity index (χ1n) is 11.2. The van der Waals surface area contributed by atoms with Gasteiger partial charge >= 0.3 is 0 Å². The van der Waals surface area contributed by atoms with E-state index in [1.807, 2.05) is 6.92 Å². The van der Waals surface area contributed by atoms with Crippen molar-refractivity contribution in [1.29, 1.82) is 0 Å². The predicted octanol–water partition coefficient (Wildman–Crippen LogP) is 4.52. The summed E-state index contributed by atoms with van der Waals surface area (Å²) in [6.07, 6.45) is 1.91. The Morgan fingerprint density at radius 1 is 1.06 bits per heavy atom. The minimum Gasteiger partial charge on any atom is -0.360 e. The Morgan fingerprint density at radius 3 is 2.32 bits per heavy atom. The quantitative estimate of drug-likeness (QED) is 0.469. The van der Waals surface area contributed by atoms with Gasteiger partial charge in [0.15, 0.2) is 15.7 Å². The fraction of sp³-hybridized carbons (Fsp3) is 0.320. The molecule has 2 aromatic carbocycles. The molecule has 0 spiro atoms. The number of carbonyl (C=O) groups is 2. The van der Waals surface area contributed by atoms with Crippen LogP contribution >= 0.6 is 0 Å². The van der Waals surface area contributed by atoms with E-state index < -0.39 is 9.84 Å². The first-order chi connectivity index (χ1) is 16.2. The Bertz CT molecular complexity index is 1310. The van der Waals surface area contributed by atoms with E-state index in [0.717, 1.165) is 12.8 Å². The summed E-state index contributed by atoms with van der Waals surface area (Å²) in [4.78, 5) is 28.9. The number of aromatic nitrogens is 1. The van der Waals surface area contributed by atoms with Gasteiger partial charge in [0.1, 0.15) is 5.76 Å². The lowest BCUT2D eigenvalue weighted by Crippen LogP contribution is -2.31. The van der Waals surface area contributed by atoms with Gasteiger partial charge in [0, 0.05) is 36.5 Å². The maximum Gasteiger partial charge on any atom is 0.259 e. The first-order valence-corrected chi connectivity index (χ1v) is 12.8. The second-order valence-electron chi connectivity index (χ2n) is 8.47. The third kappa shape index (κ3) is 5.04. The van der Waals surface area contributed by atoms with Crippen molar-refractivity contribution in [2.75, 3.05) is 22.1 Å². The topological polar surface area (TPSA) is 101 Å². The minimum absolute atomic E-state index is 0.159. The molecule has 9 heteroatoms. The van der Waals surface area contributed by atoms with Gasteiger partial charge in [-0.1, -0.05) is 11.2 Å². The number of rotatable bonds is 8. The highest BCUT2D eigenvalue weighted by Crippen LogP contribution is 2.33. The molecule has 0 aliphatic heterocycles. The molecule has 1 fully saturated rings. The number of aryl methyl sites for hydroxylation is 1. The monoisotopic (exact) mass is 481 g/mol. The molecule has 0 radical (unpaired) electrons. The van der Waals surface area contributed by atoms with Crippen molar-refractivity contribution in [2.45, 2.75) is 38.5 Å². The van der Waals surface area contributed by atoms with Gasteiger partial charge in [-0.3, -0.25) is 19.4 Å². The number of sulfone groups is 1. The maximum absolute atomic E-state index is 13.2. The largest absolute Gasteiger partial charge is 0.360 e. The van der Waals surface area contributed by atoms with Gasteiger partial charge in [0.2, 0.25) is 5.91 Å². The van der Waals surface area contributed by atoms with Crippen LogP contribution in [0.4, 0.5) is 17.2 Å². The molecule has 8 nitrogen and oxygen atoms in total. The number of benzene rings is 2. The molecule has 3 aromatic rings. The van der Waals surface area contributed by atoms with Crippen LogP contribution in [0.15, 0.2) is 64.0 Å². The first kappa shape index (κ1) is 23.7. The molecule has 2 amide bonds. The Hall–Kier alpha value is -3.46. The molecular formula is C25H27N3O5S. The molecule has 0 saturated heterocycles. The van der Waals surface area contributed by atoms with Gasteiger partial charge in [-0.15, -0.1) is 0 Å². The number of anilines is 3. The summed E-state index contributed by atoms with van der Waals surface area (Å²) in [5, 5.41) is 3.93. The van der Waals surface area contributed by atoms with Crippen LogP contribution in [0, 0.1) is 12.8 Å². The predicted molar refractivity (Wildman–Crippen MR) is 129 cm³/mol. The van der Waals surface area contributed by atoms with Gasteiger partial charge in [0.05, 0.1) is 10.6 Å². The van der Waals surface area contributed by atoms with E-state index in [1.165, 1.54) is 28.9 Å². The summed E-state index contributed by atoms with van der Waals surface area (Å²) in [6, 6.07) is 14.7. The summed E-state index contributed by atoms with van der Waals surface area (Å²) < 4.78 is 30.2. The minimum atomic E-state index is -3.35. The van der Waals surface area contributed by atoms with E-state index in [0.29, 0.717) is 35.1 Å². The number of hydrogen-bond acceptors (Lipinski definition) is 6. The maximum atomic E-state index is 13.2. The van der Waals surface area contributed by atoms with Gasteiger partial charge < -0.3 is 4.52 Å². The lowest BCUT2D eigenvalue weighted by atomic mass is 10.1. The van der Waals surface area contributed by atoms with Gasteiger partial charge in [-0.25, -0.2) is 8.42 Å². The second-order valence-corrected chi connectivity index (χ2v) is 10.5. The van der Waals surface area contributed by atoms with Crippen LogP contribution in [0.25, 0.3) is 0 Å². The Balaban J connectivity index is 1.62. The van der Waals surface area contributed by atoms with Gasteiger partial charge in [0.25, 0.3) is 5.91 Å². The normalized spacial score (nSPS) is 13.5. The fourth-order valence-corrected chi connectivity index (χ4v) is 5.53. The van der Waals surface area contributed by atoms with Crippen LogP contribution in [-0.4, -0.2) is 37.7 Å². The molecule has 1 aliphatic rings. The van der Waals surface area contributed by atoms with Crippen molar-refractivity contribution in [3.8, 4) is 0 Å². The summed E-state index contributed by atoms with van der Waals surface area (Å²) in [5.74, 6) is 0.886. The molecule has 0 N–H and O–H groups in total. The number of carbonyl (C=O) groups excluding carboxylic acids is 2. The fourth-order valence-electron chi connectivity index (χ4n) is 3.83. The molecule has 178 valence electrons. The highest BCUT2D eigenvalue weighted by atomic mass is 32.2. The van der Waals surface area contributed by atoms with Gasteiger partial charge in [-0.2, -0.15) is 0 Å². The van der Waals surface area contributed by atoms with Crippen molar-refractivity contribution in [3.63, 3.8) is 0 Å². The van der Waals surface area contributed by atoms with E-state index in [-0.39, 0.29) is 28.4 Å².